The summed E-state index contributed by atoms with van der Waals surface area (Å²) in [5, 5.41) is 4.45. The Bertz CT molecular complexity index is 270. The maximum Gasteiger partial charge on any atom is 0.0616 e. The van der Waals surface area contributed by atoms with Crippen molar-refractivity contribution >= 4 is 28.3 Å². The molecular formula is C9H9IN. The fourth-order valence-electron chi connectivity index (χ4n) is 1.40. The molecular weight excluding hydrogens is 249 g/mol. The molecule has 0 bridgehead atoms. The number of hydrogen-bond donors (Lipinski definition) is 0. The van der Waals surface area contributed by atoms with Gasteiger partial charge in [0.1, 0.15) is 0 Å². The van der Waals surface area contributed by atoms with E-state index in [1.54, 1.807) is 0 Å². The summed E-state index contributed by atoms with van der Waals surface area (Å²) in [5.41, 5.74) is 2.66. The second-order valence-corrected chi connectivity index (χ2v) is 3.88. The van der Waals surface area contributed by atoms with Gasteiger partial charge in [0, 0.05) is 10.1 Å². The first-order chi connectivity index (χ1) is 5.38. The Morgan fingerprint density at radius 2 is 2.27 bits per heavy atom. The average Bonchev–Trinajstić information content (AvgIpc) is 2.06. The number of hydrogen-bond acceptors (Lipinski definition) is 0. The summed E-state index contributed by atoms with van der Waals surface area (Å²) in [5.74, 6) is 0. The molecule has 0 N–H and O–H groups in total. The molecule has 0 saturated carbocycles. The molecule has 2 heteroatoms. The predicted octanol–water partition coefficient (Wildman–Crippen LogP) is 2.47. The van der Waals surface area contributed by atoms with Crippen molar-refractivity contribution in [3.05, 3.63) is 27.3 Å². The monoisotopic (exact) mass is 258 g/mol. The summed E-state index contributed by atoms with van der Waals surface area (Å²) in [6, 6.07) is 6.34. The summed E-state index contributed by atoms with van der Waals surface area (Å²) >= 11 is 2.38. The summed E-state index contributed by atoms with van der Waals surface area (Å²) < 4.78 is 1.36. The fourth-order valence-corrected chi connectivity index (χ4v) is 2.15. The summed E-state index contributed by atoms with van der Waals surface area (Å²) in [6.07, 6.45) is 2.42. The Balaban J connectivity index is 2.49. The van der Waals surface area contributed by atoms with Gasteiger partial charge >= 0.3 is 0 Å². The van der Waals surface area contributed by atoms with Crippen LogP contribution in [0.25, 0.3) is 0 Å². The second-order valence-electron chi connectivity index (χ2n) is 2.72. The first kappa shape index (κ1) is 7.40. The largest absolute Gasteiger partial charge is 0.285 e. The van der Waals surface area contributed by atoms with Gasteiger partial charge in [0.15, 0.2) is 0 Å². The number of benzene rings is 1. The highest BCUT2D eigenvalue weighted by Crippen LogP contribution is 2.26. The van der Waals surface area contributed by atoms with Gasteiger partial charge in [-0.3, -0.25) is 5.32 Å². The van der Waals surface area contributed by atoms with Crippen molar-refractivity contribution in [2.75, 3.05) is 6.54 Å². The lowest BCUT2D eigenvalue weighted by atomic mass is 10.0. The number of rotatable bonds is 0. The van der Waals surface area contributed by atoms with E-state index < -0.39 is 0 Å². The molecule has 0 atom stereocenters. The van der Waals surface area contributed by atoms with E-state index in [1.165, 1.54) is 27.7 Å². The minimum Gasteiger partial charge on any atom is -0.285 e. The zero-order chi connectivity index (χ0) is 7.68. The van der Waals surface area contributed by atoms with Crippen molar-refractivity contribution in [3.8, 4) is 0 Å². The van der Waals surface area contributed by atoms with Crippen molar-refractivity contribution in [2.45, 2.75) is 12.8 Å². The first-order valence-corrected chi connectivity index (χ1v) is 4.91. The van der Waals surface area contributed by atoms with E-state index in [0.717, 1.165) is 6.54 Å². The van der Waals surface area contributed by atoms with Crippen LogP contribution in [0, 0.1) is 3.57 Å². The molecule has 0 aliphatic carbocycles. The molecule has 2 rings (SSSR count). The Hall–Kier alpha value is -0.250. The normalized spacial score (nSPS) is 15.4. The highest BCUT2D eigenvalue weighted by Gasteiger charge is 2.11. The molecule has 1 aliphatic heterocycles. The van der Waals surface area contributed by atoms with Crippen LogP contribution >= 0.6 is 22.6 Å². The molecule has 1 aromatic rings. The van der Waals surface area contributed by atoms with E-state index in [4.69, 9.17) is 0 Å². The molecule has 0 spiro atoms. The zero-order valence-electron chi connectivity index (χ0n) is 6.18. The Labute approximate surface area is 80.3 Å². The predicted molar refractivity (Wildman–Crippen MR) is 54.1 cm³/mol. The molecule has 1 radical (unpaired) electrons. The Kier molecular flexibility index (Phi) is 2.02. The Morgan fingerprint density at radius 1 is 1.36 bits per heavy atom. The molecule has 0 saturated heterocycles. The van der Waals surface area contributed by atoms with E-state index in [0.29, 0.717) is 0 Å². The van der Waals surface area contributed by atoms with Gasteiger partial charge in [-0.15, -0.1) is 0 Å². The van der Waals surface area contributed by atoms with Gasteiger partial charge in [0.05, 0.1) is 5.69 Å². The summed E-state index contributed by atoms with van der Waals surface area (Å²) in [4.78, 5) is 0. The lowest BCUT2D eigenvalue weighted by molar-refractivity contribution is 0.702. The third-order valence-electron chi connectivity index (χ3n) is 1.96. The Morgan fingerprint density at radius 3 is 3.09 bits per heavy atom. The van der Waals surface area contributed by atoms with Crippen molar-refractivity contribution in [1.29, 1.82) is 0 Å². The standard InChI is InChI=1S/C9H9IN/c10-8-4-1-5-9-7(8)3-2-6-11-9/h1,4-5H,2-3,6H2. The van der Waals surface area contributed by atoms with Crippen LogP contribution in [0.15, 0.2) is 18.2 Å². The van der Waals surface area contributed by atoms with Gasteiger partial charge in [-0.25, -0.2) is 0 Å². The molecule has 0 fully saturated rings. The highest BCUT2D eigenvalue weighted by molar-refractivity contribution is 14.1. The second kappa shape index (κ2) is 3.01. The molecule has 0 amide bonds. The average molecular weight is 258 g/mol. The zero-order valence-corrected chi connectivity index (χ0v) is 8.34. The van der Waals surface area contributed by atoms with Crippen molar-refractivity contribution in [1.82, 2.24) is 5.32 Å². The van der Waals surface area contributed by atoms with Crippen LogP contribution in [0.4, 0.5) is 5.69 Å². The van der Waals surface area contributed by atoms with Crippen molar-refractivity contribution in [3.63, 3.8) is 0 Å². The molecule has 0 aromatic heterocycles. The minimum absolute atomic E-state index is 1.01. The molecule has 11 heavy (non-hydrogen) atoms. The third kappa shape index (κ3) is 1.36. The number of fused-ring (bicyclic) bond motifs is 1. The SMILES string of the molecule is Ic1cccc2c1CCC[N]2. The van der Waals surface area contributed by atoms with Gasteiger partial charge in [0.25, 0.3) is 0 Å². The van der Waals surface area contributed by atoms with E-state index in [-0.39, 0.29) is 0 Å². The van der Waals surface area contributed by atoms with Crippen LogP contribution in [-0.2, 0) is 6.42 Å². The maximum absolute atomic E-state index is 4.45. The highest BCUT2D eigenvalue weighted by atomic mass is 127. The summed E-state index contributed by atoms with van der Waals surface area (Å²) in [6.45, 7) is 1.01. The van der Waals surface area contributed by atoms with Crippen molar-refractivity contribution in [2.24, 2.45) is 0 Å². The van der Waals surface area contributed by atoms with Gasteiger partial charge in [-0.1, -0.05) is 6.07 Å². The van der Waals surface area contributed by atoms with Crippen LogP contribution in [0.5, 0.6) is 0 Å². The third-order valence-corrected chi connectivity index (χ3v) is 2.97. The quantitative estimate of drug-likeness (QED) is 0.635. The van der Waals surface area contributed by atoms with Crippen LogP contribution in [0.1, 0.15) is 12.0 Å². The maximum atomic E-state index is 4.45. The minimum atomic E-state index is 1.01. The van der Waals surface area contributed by atoms with Crippen LogP contribution < -0.4 is 5.32 Å². The van der Waals surface area contributed by atoms with Gasteiger partial charge < -0.3 is 0 Å². The van der Waals surface area contributed by atoms with Gasteiger partial charge in [-0.2, -0.15) is 0 Å². The van der Waals surface area contributed by atoms with Crippen molar-refractivity contribution < 1.29 is 0 Å². The summed E-state index contributed by atoms with van der Waals surface area (Å²) in [7, 11) is 0. The molecule has 0 unspecified atom stereocenters. The van der Waals surface area contributed by atoms with Gasteiger partial charge in [0.2, 0.25) is 0 Å². The number of nitrogens with zero attached hydrogens (tertiary/aromatic N) is 1. The van der Waals surface area contributed by atoms with E-state index in [2.05, 4.69) is 46.1 Å². The first-order valence-electron chi connectivity index (χ1n) is 3.83. The topological polar surface area (TPSA) is 14.1 Å². The number of halogens is 1. The van der Waals surface area contributed by atoms with E-state index in [9.17, 15) is 0 Å². The van der Waals surface area contributed by atoms with Crippen LogP contribution in [0.2, 0.25) is 0 Å². The smallest absolute Gasteiger partial charge is 0.0616 e. The molecule has 1 aliphatic rings. The van der Waals surface area contributed by atoms with Crippen LogP contribution in [-0.4, -0.2) is 6.54 Å². The molecule has 57 valence electrons. The lowest BCUT2D eigenvalue weighted by Crippen LogP contribution is -2.11. The van der Waals surface area contributed by atoms with E-state index >= 15 is 0 Å². The molecule has 1 aromatic carbocycles. The van der Waals surface area contributed by atoms with Crippen LogP contribution in [0.3, 0.4) is 0 Å². The fraction of sp³-hybridized carbons (Fsp3) is 0.333. The van der Waals surface area contributed by atoms with E-state index in [1.807, 2.05) is 0 Å². The lowest BCUT2D eigenvalue weighted by Gasteiger charge is -2.16. The molecule has 1 heterocycles. The van der Waals surface area contributed by atoms with Gasteiger partial charge in [-0.05, 0) is 53.1 Å². The molecule has 1 nitrogen and oxygen atoms in total.